The SMILES string of the molecule is CCN(CC(=O)NC(C)C)C(=O)CCNC(=O)c1ccc(F)cc1F. The van der Waals surface area contributed by atoms with Gasteiger partial charge >= 0.3 is 0 Å². The molecule has 138 valence electrons. The fraction of sp³-hybridized carbons (Fsp3) is 0.471. The zero-order valence-electron chi connectivity index (χ0n) is 14.6. The maximum atomic E-state index is 13.5. The lowest BCUT2D eigenvalue weighted by Crippen LogP contribution is -2.43. The van der Waals surface area contributed by atoms with Crippen molar-refractivity contribution in [3.8, 4) is 0 Å². The summed E-state index contributed by atoms with van der Waals surface area (Å²) < 4.78 is 26.3. The van der Waals surface area contributed by atoms with Crippen LogP contribution in [0.3, 0.4) is 0 Å². The molecule has 25 heavy (non-hydrogen) atoms. The van der Waals surface area contributed by atoms with Crippen LogP contribution in [-0.4, -0.2) is 48.3 Å². The van der Waals surface area contributed by atoms with Crippen molar-refractivity contribution >= 4 is 17.7 Å². The molecule has 1 aromatic carbocycles. The van der Waals surface area contributed by atoms with Crippen LogP contribution < -0.4 is 10.6 Å². The Kier molecular flexibility index (Phi) is 7.97. The fourth-order valence-electron chi connectivity index (χ4n) is 2.13. The summed E-state index contributed by atoms with van der Waals surface area (Å²) in [4.78, 5) is 37.0. The van der Waals surface area contributed by atoms with E-state index in [0.29, 0.717) is 12.6 Å². The monoisotopic (exact) mass is 355 g/mol. The molecule has 0 aliphatic heterocycles. The molecule has 0 spiro atoms. The van der Waals surface area contributed by atoms with E-state index in [4.69, 9.17) is 0 Å². The molecular formula is C17H23F2N3O3. The van der Waals surface area contributed by atoms with E-state index in [2.05, 4.69) is 10.6 Å². The summed E-state index contributed by atoms with van der Waals surface area (Å²) in [7, 11) is 0. The van der Waals surface area contributed by atoms with Gasteiger partial charge in [-0.2, -0.15) is 0 Å². The molecule has 0 atom stereocenters. The van der Waals surface area contributed by atoms with Crippen LogP contribution in [0, 0.1) is 11.6 Å². The van der Waals surface area contributed by atoms with E-state index < -0.39 is 17.5 Å². The lowest BCUT2D eigenvalue weighted by atomic mass is 10.2. The molecule has 0 saturated heterocycles. The Morgan fingerprint density at radius 1 is 1.20 bits per heavy atom. The van der Waals surface area contributed by atoms with Crippen LogP contribution in [0.1, 0.15) is 37.6 Å². The predicted molar refractivity (Wildman–Crippen MR) is 88.8 cm³/mol. The van der Waals surface area contributed by atoms with E-state index in [0.717, 1.165) is 12.1 Å². The number of carbonyl (C=O) groups excluding carboxylic acids is 3. The highest BCUT2D eigenvalue weighted by Crippen LogP contribution is 2.09. The number of rotatable bonds is 8. The molecule has 0 unspecified atom stereocenters. The van der Waals surface area contributed by atoms with Gasteiger partial charge in [0.05, 0.1) is 12.1 Å². The Bertz CT molecular complexity index is 636. The second-order valence-electron chi connectivity index (χ2n) is 5.76. The van der Waals surface area contributed by atoms with Gasteiger partial charge < -0.3 is 15.5 Å². The van der Waals surface area contributed by atoms with E-state index in [1.54, 1.807) is 6.92 Å². The second kappa shape index (κ2) is 9.71. The topological polar surface area (TPSA) is 78.5 Å². The summed E-state index contributed by atoms with van der Waals surface area (Å²) in [6.07, 6.45) is -0.0304. The lowest BCUT2D eigenvalue weighted by Gasteiger charge is -2.21. The molecule has 0 bridgehead atoms. The third-order valence-corrected chi connectivity index (χ3v) is 3.32. The van der Waals surface area contributed by atoms with Gasteiger partial charge in [0, 0.05) is 31.6 Å². The molecule has 1 rings (SSSR count). The smallest absolute Gasteiger partial charge is 0.254 e. The van der Waals surface area contributed by atoms with Gasteiger partial charge in [-0.15, -0.1) is 0 Å². The van der Waals surface area contributed by atoms with Crippen LogP contribution in [-0.2, 0) is 9.59 Å². The quantitative estimate of drug-likeness (QED) is 0.741. The lowest BCUT2D eigenvalue weighted by molar-refractivity contribution is -0.135. The highest BCUT2D eigenvalue weighted by atomic mass is 19.1. The van der Waals surface area contributed by atoms with Crippen LogP contribution in [0.2, 0.25) is 0 Å². The van der Waals surface area contributed by atoms with Crippen LogP contribution in [0.15, 0.2) is 18.2 Å². The molecule has 3 amide bonds. The van der Waals surface area contributed by atoms with Crippen LogP contribution in [0.5, 0.6) is 0 Å². The summed E-state index contributed by atoms with van der Waals surface area (Å²) in [6, 6.07) is 2.61. The maximum Gasteiger partial charge on any atom is 0.254 e. The summed E-state index contributed by atoms with van der Waals surface area (Å²) in [6.45, 7) is 5.66. The average Bonchev–Trinajstić information content (AvgIpc) is 2.51. The van der Waals surface area contributed by atoms with E-state index in [9.17, 15) is 23.2 Å². The molecule has 0 aliphatic carbocycles. The third kappa shape index (κ3) is 6.86. The predicted octanol–water partition coefficient (Wildman–Crippen LogP) is 1.46. The van der Waals surface area contributed by atoms with Gasteiger partial charge in [-0.05, 0) is 32.9 Å². The molecule has 8 heteroatoms. The number of carbonyl (C=O) groups is 3. The van der Waals surface area contributed by atoms with Crippen molar-refractivity contribution in [2.24, 2.45) is 0 Å². The molecule has 0 aliphatic rings. The van der Waals surface area contributed by atoms with Crippen molar-refractivity contribution in [2.45, 2.75) is 33.2 Å². The van der Waals surface area contributed by atoms with Gasteiger partial charge in [0.15, 0.2) is 0 Å². The summed E-state index contributed by atoms with van der Waals surface area (Å²) in [5.41, 5.74) is -0.294. The van der Waals surface area contributed by atoms with Gasteiger partial charge in [0.25, 0.3) is 5.91 Å². The molecule has 0 aromatic heterocycles. The van der Waals surface area contributed by atoms with Crippen molar-refractivity contribution in [1.82, 2.24) is 15.5 Å². The Balaban J connectivity index is 2.49. The van der Waals surface area contributed by atoms with Gasteiger partial charge in [0.2, 0.25) is 11.8 Å². The van der Waals surface area contributed by atoms with Crippen molar-refractivity contribution in [1.29, 1.82) is 0 Å². The van der Waals surface area contributed by atoms with E-state index in [-0.39, 0.29) is 42.9 Å². The molecule has 6 nitrogen and oxygen atoms in total. The summed E-state index contributed by atoms with van der Waals surface area (Å²) in [5, 5.41) is 5.10. The normalized spacial score (nSPS) is 10.5. The number of amides is 3. The Morgan fingerprint density at radius 3 is 2.44 bits per heavy atom. The van der Waals surface area contributed by atoms with Crippen molar-refractivity contribution in [3.05, 3.63) is 35.4 Å². The molecule has 1 aromatic rings. The number of nitrogens with zero attached hydrogens (tertiary/aromatic N) is 1. The minimum Gasteiger partial charge on any atom is -0.352 e. The number of nitrogens with one attached hydrogen (secondary N) is 2. The highest BCUT2D eigenvalue weighted by molar-refractivity contribution is 5.94. The summed E-state index contributed by atoms with van der Waals surface area (Å²) >= 11 is 0. The van der Waals surface area contributed by atoms with Crippen molar-refractivity contribution in [2.75, 3.05) is 19.6 Å². The van der Waals surface area contributed by atoms with Crippen molar-refractivity contribution < 1.29 is 23.2 Å². The van der Waals surface area contributed by atoms with Gasteiger partial charge in [-0.25, -0.2) is 8.78 Å². The molecule has 0 saturated carbocycles. The fourth-order valence-corrected chi connectivity index (χ4v) is 2.13. The molecule has 2 N–H and O–H groups in total. The Labute approximate surface area is 145 Å². The van der Waals surface area contributed by atoms with Crippen LogP contribution >= 0.6 is 0 Å². The van der Waals surface area contributed by atoms with E-state index in [1.807, 2.05) is 13.8 Å². The maximum absolute atomic E-state index is 13.5. The summed E-state index contributed by atoms with van der Waals surface area (Å²) in [5.74, 6) is -3.04. The Morgan fingerprint density at radius 2 is 1.88 bits per heavy atom. The van der Waals surface area contributed by atoms with Crippen LogP contribution in [0.4, 0.5) is 8.78 Å². The molecular weight excluding hydrogens is 332 g/mol. The first kappa shape index (κ1) is 20.5. The average molecular weight is 355 g/mol. The zero-order chi connectivity index (χ0) is 19.0. The molecule has 0 heterocycles. The second-order valence-corrected chi connectivity index (χ2v) is 5.76. The number of likely N-dealkylation sites (N-methyl/N-ethyl adjacent to an activating group) is 1. The Hall–Kier alpha value is -2.51. The largest absolute Gasteiger partial charge is 0.352 e. The first-order chi connectivity index (χ1) is 11.7. The van der Waals surface area contributed by atoms with E-state index >= 15 is 0 Å². The first-order valence-corrected chi connectivity index (χ1v) is 8.05. The number of benzene rings is 1. The first-order valence-electron chi connectivity index (χ1n) is 8.05. The standard InChI is InChI=1S/C17H23F2N3O3/c1-4-22(10-15(23)21-11(2)3)16(24)7-8-20-17(25)13-6-5-12(18)9-14(13)19/h5-6,9,11H,4,7-8,10H2,1-3H3,(H,20,25)(H,21,23). The van der Waals surface area contributed by atoms with Gasteiger partial charge in [-0.1, -0.05) is 0 Å². The number of halogens is 2. The number of hydrogen-bond acceptors (Lipinski definition) is 3. The van der Waals surface area contributed by atoms with Crippen molar-refractivity contribution in [3.63, 3.8) is 0 Å². The van der Waals surface area contributed by atoms with E-state index in [1.165, 1.54) is 4.90 Å². The zero-order valence-corrected chi connectivity index (χ0v) is 14.6. The third-order valence-electron chi connectivity index (χ3n) is 3.32. The van der Waals surface area contributed by atoms with Crippen LogP contribution in [0.25, 0.3) is 0 Å². The highest BCUT2D eigenvalue weighted by Gasteiger charge is 2.17. The molecule has 0 fully saturated rings. The number of hydrogen-bond donors (Lipinski definition) is 2. The minimum atomic E-state index is -0.968. The van der Waals surface area contributed by atoms with Gasteiger partial charge in [0.1, 0.15) is 11.6 Å². The van der Waals surface area contributed by atoms with Gasteiger partial charge in [-0.3, -0.25) is 14.4 Å². The molecule has 0 radical (unpaired) electrons. The minimum absolute atomic E-state index is 0.0171.